The first-order chi connectivity index (χ1) is 14.5. The summed E-state index contributed by atoms with van der Waals surface area (Å²) < 4.78 is 5.41. The van der Waals surface area contributed by atoms with Gasteiger partial charge in [0, 0.05) is 59.1 Å². The van der Waals surface area contributed by atoms with E-state index in [-0.39, 0.29) is 24.1 Å². The number of carbonyl (C=O) groups excluding carboxylic acids is 1. The number of halogens is 1. The molecule has 170 valence electrons. The van der Waals surface area contributed by atoms with Gasteiger partial charge in [-0.25, -0.2) is 4.98 Å². The van der Waals surface area contributed by atoms with Crippen LogP contribution in [0.3, 0.4) is 0 Å². The smallest absolute Gasteiger partial charge is 0.257 e. The molecule has 1 aliphatic rings. The average Bonchev–Trinajstić information content (AvgIpc) is 2.77. The van der Waals surface area contributed by atoms with Gasteiger partial charge in [-0.15, -0.1) is 12.4 Å². The van der Waals surface area contributed by atoms with Crippen LogP contribution in [0.4, 0.5) is 11.5 Å². The third-order valence-electron chi connectivity index (χ3n) is 5.26. The number of carbonyl (C=O) groups is 1. The van der Waals surface area contributed by atoms with E-state index in [1.807, 2.05) is 6.07 Å². The Bertz CT molecular complexity index is 857. The first-order valence-electron chi connectivity index (χ1n) is 10.2. The molecule has 2 aromatic rings. The molecule has 0 saturated carbocycles. The highest BCUT2D eigenvalue weighted by molar-refractivity contribution is 5.98. The average molecular weight is 450 g/mol. The fourth-order valence-electron chi connectivity index (χ4n) is 3.61. The van der Waals surface area contributed by atoms with E-state index >= 15 is 0 Å². The maximum absolute atomic E-state index is 12.3. The van der Waals surface area contributed by atoms with Crippen LogP contribution in [0, 0.1) is 0 Å². The molecular weight excluding hydrogens is 418 g/mol. The van der Waals surface area contributed by atoms with Gasteiger partial charge in [-0.05, 0) is 37.2 Å². The molecule has 1 aliphatic heterocycles. The summed E-state index contributed by atoms with van der Waals surface area (Å²) in [6.07, 6.45) is 2.67. The first-order valence-corrected chi connectivity index (χ1v) is 10.2. The number of hydrogen-bond donors (Lipinski definition) is 2. The van der Waals surface area contributed by atoms with Crippen LogP contribution in [0.5, 0.6) is 11.5 Å². The van der Waals surface area contributed by atoms with E-state index in [1.54, 1.807) is 56.6 Å². The fraction of sp³-hybridized carbons (Fsp3) is 0.455. The largest absolute Gasteiger partial charge is 0.508 e. The number of benzene rings is 1. The third kappa shape index (κ3) is 6.38. The molecule has 0 spiro atoms. The second-order valence-corrected chi connectivity index (χ2v) is 7.56. The van der Waals surface area contributed by atoms with E-state index in [9.17, 15) is 9.90 Å². The van der Waals surface area contributed by atoms with Crippen LogP contribution in [-0.2, 0) is 0 Å². The summed E-state index contributed by atoms with van der Waals surface area (Å²) in [5.74, 6) is 1.50. The Morgan fingerprint density at radius 2 is 1.97 bits per heavy atom. The lowest BCUT2D eigenvalue weighted by molar-refractivity contribution is 0.0828. The van der Waals surface area contributed by atoms with Gasteiger partial charge in [-0.3, -0.25) is 9.69 Å². The van der Waals surface area contributed by atoms with Gasteiger partial charge in [0.1, 0.15) is 17.3 Å². The van der Waals surface area contributed by atoms with Gasteiger partial charge in [0.2, 0.25) is 0 Å². The second-order valence-electron chi connectivity index (χ2n) is 7.56. The number of amides is 1. The van der Waals surface area contributed by atoms with Gasteiger partial charge in [-0.1, -0.05) is 0 Å². The number of nitrogens with zero attached hydrogens (tertiary/aromatic N) is 4. The van der Waals surface area contributed by atoms with Crippen molar-refractivity contribution in [2.24, 2.45) is 0 Å². The number of aromatic hydroxyl groups is 1. The van der Waals surface area contributed by atoms with Crippen molar-refractivity contribution >= 4 is 29.8 Å². The van der Waals surface area contributed by atoms with E-state index < -0.39 is 0 Å². The quantitative estimate of drug-likeness (QED) is 0.599. The molecule has 1 saturated heterocycles. The first kappa shape index (κ1) is 24.6. The van der Waals surface area contributed by atoms with Crippen molar-refractivity contribution in [2.75, 3.05) is 70.7 Å². The van der Waals surface area contributed by atoms with Gasteiger partial charge in [-0.2, -0.15) is 0 Å². The molecule has 1 fully saturated rings. The molecule has 1 aromatic carbocycles. The SMILES string of the molecule is COc1cc(O)ccc1N1CCN(CCCNc2ncccc2C(=O)N(C)C)CC1.Cl. The Balaban J connectivity index is 0.00000341. The van der Waals surface area contributed by atoms with Gasteiger partial charge < -0.3 is 25.0 Å². The minimum atomic E-state index is -0.0496. The zero-order chi connectivity index (χ0) is 21.5. The maximum Gasteiger partial charge on any atom is 0.257 e. The van der Waals surface area contributed by atoms with Crippen LogP contribution < -0.4 is 15.0 Å². The number of nitrogens with one attached hydrogen (secondary N) is 1. The molecule has 2 N–H and O–H groups in total. The van der Waals surface area contributed by atoms with Crippen LogP contribution in [0.15, 0.2) is 36.5 Å². The van der Waals surface area contributed by atoms with E-state index in [4.69, 9.17) is 4.74 Å². The van der Waals surface area contributed by atoms with Crippen molar-refractivity contribution in [3.63, 3.8) is 0 Å². The molecule has 8 nitrogen and oxygen atoms in total. The van der Waals surface area contributed by atoms with Crippen molar-refractivity contribution in [2.45, 2.75) is 6.42 Å². The summed E-state index contributed by atoms with van der Waals surface area (Å²) in [7, 11) is 5.11. The minimum absolute atomic E-state index is 0. The van der Waals surface area contributed by atoms with Crippen LogP contribution in [0.25, 0.3) is 0 Å². The number of phenols is 1. The minimum Gasteiger partial charge on any atom is -0.508 e. The molecule has 31 heavy (non-hydrogen) atoms. The fourth-order valence-corrected chi connectivity index (χ4v) is 3.61. The summed E-state index contributed by atoms with van der Waals surface area (Å²) >= 11 is 0. The summed E-state index contributed by atoms with van der Waals surface area (Å²) in [6.45, 7) is 5.51. The number of anilines is 2. The number of methoxy groups -OCH3 is 1. The Morgan fingerprint density at radius 1 is 1.23 bits per heavy atom. The second kappa shape index (κ2) is 11.6. The van der Waals surface area contributed by atoms with Gasteiger partial charge in [0.25, 0.3) is 5.91 Å². The number of hydrogen-bond acceptors (Lipinski definition) is 7. The molecule has 0 atom stereocenters. The molecular formula is C22H32ClN5O3. The Kier molecular flexibility index (Phi) is 9.21. The molecule has 9 heteroatoms. The highest BCUT2D eigenvalue weighted by atomic mass is 35.5. The highest BCUT2D eigenvalue weighted by Gasteiger charge is 2.20. The number of rotatable bonds is 8. The lowest BCUT2D eigenvalue weighted by Gasteiger charge is -2.36. The molecule has 2 heterocycles. The van der Waals surface area contributed by atoms with Crippen LogP contribution in [-0.4, -0.2) is 86.3 Å². The highest BCUT2D eigenvalue weighted by Crippen LogP contribution is 2.32. The zero-order valence-corrected chi connectivity index (χ0v) is 19.2. The summed E-state index contributed by atoms with van der Waals surface area (Å²) in [5.41, 5.74) is 1.61. The lowest BCUT2D eigenvalue weighted by atomic mass is 10.2. The number of piperazine rings is 1. The Hall–Kier alpha value is -2.71. The number of aromatic nitrogens is 1. The molecule has 0 aliphatic carbocycles. The predicted octanol–water partition coefficient (Wildman–Crippen LogP) is 2.54. The van der Waals surface area contributed by atoms with Crippen molar-refractivity contribution in [3.05, 3.63) is 42.1 Å². The standard InChI is InChI=1S/C22H31N5O3.ClH/c1-25(2)22(29)18-6-4-9-23-21(18)24-10-5-11-26-12-14-27(15-13-26)19-8-7-17(28)16-20(19)30-3;/h4,6-9,16,28H,5,10-15H2,1-3H3,(H,23,24);1H. The maximum atomic E-state index is 12.3. The van der Waals surface area contributed by atoms with Crippen LogP contribution >= 0.6 is 12.4 Å². The number of phenolic OH excluding ortho intramolecular Hbond substituents is 1. The van der Waals surface area contributed by atoms with Crippen molar-refractivity contribution < 1.29 is 14.6 Å². The van der Waals surface area contributed by atoms with Crippen molar-refractivity contribution in [1.82, 2.24) is 14.8 Å². The van der Waals surface area contributed by atoms with E-state index in [2.05, 4.69) is 20.1 Å². The summed E-state index contributed by atoms with van der Waals surface area (Å²) in [6, 6.07) is 8.84. The van der Waals surface area contributed by atoms with E-state index in [0.29, 0.717) is 17.1 Å². The van der Waals surface area contributed by atoms with Gasteiger partial charge >= 0.3 is 0 Å². The van der Waals surface area contributed by atoms with Crippen LogP contribution in [0.1, 0.15) is 16.8 Å². The topological polar surface area (TPSA) is 81.2 Å². The molecule has 0 radical (unpaired) electrons. The molecule has 1 amide bonds. The number of ether oxygens (including phenoxy) is 1. The summed E-state index contributed by atoms with van der Waals surface area (Å²) in [4.78, 5) is 22.9. The summed E-state index contributed by atoms with van der Waals surface area (Å²) in [5, 5.41) is 13.0. The monoisotopic (exact) mass is 449 g/mol. The molecule has 3 rings (SSSR count). The predicted molar refractivity (Wildman–Crippen MR) is 126 cm³/mol. The normalized spacial score (nSPS) is 14.0. The molecule has 0 unspecified atom stereocenters. The molecule has 1 aromatic heterocycles. The van der Waals surface area contributed by atoms with Crippen molar-refractivity contribution in [1.29, 1.82) is 0 Å². The van der Waals surface area contributed by atoms with Gasteiger partial charge in [0.15, 0.2) is 0 Å². The third-order valence-corrected chi connectivity index (χ3v) is 5.26. The lowest BCUT2D eigenvalue weighted by Crippen LogP contribution is -2.47. The van der Waals surface area contributed by atoms with Gasteiger partial charge in [0.05, 0.1) is 18.4 Å². The Labute approximate surface area is 190 Å². The van der Waals surface area contributed by atoms with E-state index in [1.165, 1.54) is 0 Å². The number of pyridine rings is 1. The van der Waals surface area contributed by atoms with Crippen molar-refractivity contribution in [3.8, 4) is 11.5 Å². The molecule has 0 bridgehead atoms. The Morgan fingerprint density at radius 3 is 2.65 bits per heavy atom. The zero-order valence-electron chi connectivity index (χ0n) is 18.4. The van der Waals surface area contributed by atoms with E-state index in [0.717, 1.165) is 51.4 Å². The van der Waals surface area contributed by atoms with Crippen LogP contribution in [0.2, 0.25) is 0 Å².